The largest absolute Gasteiger partial charge is 0.278 e. The Labute approximate surface area is 257 Å². The molecule has 10 aromatic rings. The van der Waals surface area contributed by atoms with Crippen molar-refractivity contribution < 1.29 is 0 Å². The fourth-order valence-corrected chi connectivity index (χ4v) is 7.15. The SMILES string of the molecule is c1ccc(-c2ncc3c(n2)c2nc(-n4c5ccccc5c5ccccc54)ncc2c2c4ccccc4c4ccccc4c32)cc1. The molecule has 0 N–H and O–H groups in total. The van der Waals surface area contributed by atoms with Gasteiger partial charge in [0.25, 0.3) is 0 Å². The maximum absolute atomic E-state index is 5.38. The lowest BCUT2D eigenvalue weighted by molar-refractivity contribution is 1.01. The van der Waals surface area contributed by atoms with Gasteiger partial charge in [0.2, 0.25) is 5.95 Å². The van der Waals surface area contributed by atoms with Gasteiger partial charge in [0.05, 0.1) is 11.0 Å². The van der Waals surface area contributed by atoms with Crippen LogP contribution < -0.4 is 0 Å². The molecule has 0 radical (unpaired) electrons. The van der Waals surface area contributed by atoms with Crippen LogP contribution in [0.3, 0.4) is 0 Å². The van der Waals surface area contributed by atoms with Crippen molar-refractivity contribution in [1.29, 1.82) is 0 Å². The van der Waals surface area contributed by atoms with Crippen molar-refractivity contribution in [2.75, 3.05) is 0 Å². The molecule has 0 aliphatic carbocycles. The lowest BCUT2D eigenvalue weighted by Crippen LogP contribution is -2.03. The van der Waals surface area contributed by atoms with Crippen LogP contribution in [0.15, 0.2) is 140 Å². The Morgan fingerprint density at radius 1 is 0.378 bits per heavy atom. The summed E-state index contributed by atoms with van der Waals surface area (Å²) >= 11 is 0. The second-order valence-corrected chi connectivity index (χ2v) is 11.5. The minimum atomic E-state index is 0.616. The van der Waals surface area contributed by atoms with E-state index in [-0.39, 0.29) is 0 Å². The normalized spacial score (nSPS) is 12.0. The van der Waals surface area contributed by atoms with Crippen LogP contribution in [0.2, 0.25) is 0 Å². The first-order valence-electron chi connectivity index (χ1n) is 15.1. The standard InChI is InChI=1S/C40H23N5/c1-2-12-24(13-3-1)39-41-22-31-35-29-18-6-4-14-25(29)26-15-5-7-19-30(26)36(35)32-23-42-40(44-38(32)37(31)43-39)45-33-20-10-8-16-27(33)28-17-9-11-21-34(28)45/h1-23H. The highest BCUT2D eigenvalue weighted by Gasteiger charge is 2.21. The first-order chi connectivity index (χ1) is 22.3. The van der Waals surface area contributed by atoms with Gasteiger partial charge >= 0.3 is 0 Å². The van der Waals surface area contributed by atoms with Crippen LogP contribution in [0.1, 0.15) is 0 Å². The summed E-state index contributed by atoms with van der Waals surface area (Å²) in [5.74, 6) is 1.29. The van der Waals surface area contributed by atoms with Crippen LogP contribution in [0.4, 0.5) is 0 Å². The molecule has 7 aromatic carbocycles. The van der Waals surface area contributed by atoms with Gasteiger partial charge in [0.1, 0.15) is 11.0 Å². The lowest BCUT2D eigenvalue weighted by Gasteiger charge is -2.16. The van der Waals surface area contributed by atoms with E-state index >= 15 is 0 Å². The van der Waals surface area contributed by atoms with E-state index in [1.807, 2.05) is 42.7 Å². The molecule has 0 aliphatic rings. The van der Waals surface area contributed by atoms with Gasteiger partial charge in [0.15, 0.2) is 5.82 Å². The molecule has 208 valence electrons. The molecule has 0 saturated heterocycles. The maximum Gasteiger partial charge on any atom is 0.235 e. The van der Waals surface area contributed by atoms with Crippen molar-refractivity contribution in [2.45, 2.75) is 0 Å². The minimum absolute atomic E-state index is 0.616. The summed E-state index contributed by atoms with van der Waals surface area (Å²) in [4.78, 5) is 20.6. The average Bonchev–Trinajstić information content (AvgIpc) is 3.46. The van der Waals surface area contributed by atoms with Gasteiger partial charge in [-0.2, -0.15) is 0 Å². The Balaban J connectivity index is 1.42. The van der Waals surface area contributed by atoms with Crippen LogP contribution in [0.25, 0.3) is 93.3 Å². The third-order valence-corrected chi connectivity index (χ3v) is 9.07. The van der Waals surface area contributed by atoms with E-state index in [4.69, 9.17) is 19.9 Å². The minimum Gasteiger partial charge on any atom is -0.278 e. The fraction of sp³-hybridized carbons (Fsp3) is 0. The van der Waals surface area contributed by atoms with Gasteiger partial charge in [-0.15, -0.1) is 0 Å². The first-order valence-corrected chi connectivity index (χ1v) is 15.1. The Morgan fingerprint density at radius 3 is 1.44 bits per heavy atom. The predicted molar refractivity (Wildman–Crippen MR) is 185 cm³/mol. The molecule has 0 atom stereocenters. The summed E-state index contributed by atoms with van der Waals surface area (Å²) in [6, 6.07) is 44.3. The summed E-state index contributed by atoms with van der Waals surface area (Å²) in [6.07, 6.45) is 3.98. The summed E-state index contributed by atoms with van der Waals surface area (Å²) in [5, 5.41) is 11.3. The maximum atomic E-state index is 5.38. The zero-order valence-corrected chi connectivity index (χ0v) is 24.0. The molecule has 0 unspecified atom stereocenters. The molecule has 0 saturated carbocycles. The summed E-state index contributed by atoms with van der Waals surface area (Å²) in [7, 11) is 0. The zero-order valence-electron chi connectivity index (χ0n) is 24.0. The predicted octanol–water partition coefficient (Wildman–Crippen LogP) is 9.80. The third kappa shape index (κ3) is 3.38. The van der Waals surface area contributed by atoms with E-state index < -0.39 is 0 Å². The second-order valence-electron chi connectivity index (χ2n) is 11.5. The molecule has 0 spiro atoms. The van der Waals surface area contributed by atoms with Gasteiger partial charge in [-0.05, 0) is 33.7 Å². The van der Waals surface area contributed by atoms with Crippen LogP contribution in [-0.4, -0.2) is 24.5 Å². The molecule has 0 fully saturated rings. The Bertz CT molecular complexity index is 2760. The van der Waals surface area contributed by atoms with Gasteiger partial charge in [0, 0.05) is 50.3 Å². The van der Waals surface area contributed by atoms with E-state index in [0.717, 1.165) is 49.2 Å². The summed E-state index contributed by atoms with van der Waals surface area (Å²) in [5.41, 5.74) is 4.73. The molecule has 3 heterocycles. The van der Waals surface area contributed by atoms with Crippen molar-refractivity contribution in [3.8, 4) is 17.3 Å². The lowest BCUT2D eigenvalue weighted by atomic mass is 9.90. The van der Waals surface area contributed by atoms with E-state index in [9.17, 15) is 0 Å². The molecular weight excluding hydrogens is 550 g/mol. The number of hydrogen-bond acceptors (Lipinski definition) is 4. The molecule has 45 heavy (non-hydrogen) atoms. The van der Waals surface area contributed by atoms with Gasteiger partial charge in [-0.3, -0.25) is 4.57 Å². The highest BCUT2D eigenvalue weighted by Crippen LogP contribution is 2.43. The summed E-state index contributed by atoms with van der Waals surface area (Å²) in [6.45, 7) is 0. The van der Waals surface area contributed by atoms with Gasteiger partial charge in [-0.1, -0.05) is 115 Å². The number of aromatic nitrogens is 5. The molecule has 3 aromatic heterocycles. The van der Waals surface area contributed by atoms with Crippen LogP contribution in [0.5, 0.6) is 0 Å². The molecule has 0 bridgehead atoms. The average molecular weight is 574 g/mol. The molecule has 5 heteroatoms. The number of benzene rings is 7. The van der Waals surface area contributed by atoms with Crippen molar-refractivity contribution in [3.05, 3.63) is 140 Å². The van der Waals surface area contributed by atoms with E-state index in [1.165, 1.54) is 32.3 Å². The second kappa shape index (κ2) is 9.15. The molecular formula is C40H23N5. The Kier molecular flexibility index (Phi) is 4.93. The van der Waals surface area contributed by atoms with Crippen molar-refractivity contribution in [3.63, 3.8) is 0 Å². The van der Waals surface area contributed by atoms with Crippen molar-refractivity contribution in [2.24, 2.45) is 0 Å². The van der Waals surface area contributed by atoms with Crippen LogP contribution in [0, 0.1) is 0 Å². The van der Waals surface area contributed by atoms with Crippen molar-refractivity contribution in [1.82, 2.24) is 24.5 Å². The first kappa shape index (κ1) is 24.3. The summed E-state index contributed by atoms with van der Waals surface area (Å²) < 4.78 is 2.16. The number of para-hydroxylation sites is 2. The van der Waals surface area contributed by atoms with E-state index in [0.29, 0.717) is 11.8 Å². The topological polar surface area (TPSA) is 56.5 Å². The quantitative estimate of drug-likeness (QED) is 0.193. The number of rotatable bonds is 2. The van der Waals surface area contributed by atoms with Crippen molar-refractivity contribution >= 4 is 75.9 Å². The zero-order chi connectivity index (χ0) is 29.5. The Hall–Kier alpha value is -6.20. The van der Waals surface area contributed by atoms with Crippen LogP contribution in [-0.2, 0) is 0 Å². The monoisotopic (exact) mass is 573 g/mol. The molecule has 0 amide bonds. The number of fused-ring (bicyclic) bond motifs is 14. The fourth-order valence-electron chi connectivity index (χ4n) is 7.15. The smallest absolute Gasteiger partial charge is 0.235 e. The van der Waals surface area contributed by atoms with Gasteiger partial charge < -0.3 is 0 Å². The number of nitrogens with zero attached hydrogens (tertiary/aromatic N) is 5. The Morgan fingerprint density at radius 2 is 0.844 bits per heavy atom. The highest BCUT2D eigenvalue weighted by molar-refractivity contribution is 6.38. The van der Waals surface area contributed by atoms with E-state index in [2.05, 4.69) is 102 Å². The van der Waals surface area contributed by atoms with Crippen LogP contribution >= 0.6 is 0 Å². The molecule has 0 aliphatic heterocycles. The highest BCUT2D eigenvalue weighted by atomic mass is 15.2. The van der Waals surface area contributed by atoms with E-state index in [1.54, 1.807) is 0 Å². The third-order valence-electron chi connectivity index (χ3n) is 9.07. The molecule has 10 rings (SSSR count). The van der Waals surface area contributed by atoms with Gasteiger partial charge in [-0.25, -0.2) is 19.9 Å². The number of hydrogen-bond donors (Lipinski definition) is 0. The molecule has 5 nitrogen and oxygen atoms in total.